The lowest BCUT2D eigenvalue weighted by molar-refractivity contribution is -0.108. The normalized spacial score (nSPS) is 8.33. The van der Waals surface area contributed by atoms with Crippen molar-refractivity contribution in [2.24, 2.45) is 5.10 Å². The zero-order chi connectivity index (χ0) is 7.28. The molecule has 0 amide bonds. The van der Waals surface area contributed by atoms with Gasteiger partial charge in [-0.15, -0.1) is 0 Å². The minimum absolute atomic E-state index is 0.366. The first-order valence-corrected chi connectivity index (χ1v) is 2.83. The van der Waals surface area contributed by atoms with Crippen LogP contribution in [0.15, 0.2) is 5.10 Å². The van der Waals surface area contributed by atoms with Gasteiger partial charge in [0.05, 0.1) is 6.54 Å². The van der Waals surface area contributed by atoms with Gasteiger partial charge in [-0.05, 0) is 13.8 Å². The standard InChI is InChI=1S/C6H12N2O/c1-6(2)7-8(3)4-5-9/h5H,4H2,1-3H3. The van der Waals surface area contributed by atoms with E-state index < -0.39 is 0 Å². The second-order valence-electron chi connectivity index (χ2n) is 2.05. The lowest BCUT2D eigenvalue weighted by Gasteiger charge is -2.07. The van der Waals surface area contributed by atoms with Gasteiger partial charge in [-0.1, -0.05) is 0 Å². The molecule has 0 aliphatic heterocycles. The molecule has 0 saturated carbocycles. The predicted octanol–water partition coefficient (Wildman–Crippen LogP) is 0.513. The average Bonchev–Trinajstić information content (AvgIpc) is 1.63. The molecule has 0 aromatic heterocycles. The van der Waals surface area contributed by atoms with E-state index in [4.69, 9.17) is 0 Å². The number of hydrogen-bond acceptors (Lipinski definition) is 3. The van der Waals surface area contributed by atoms with Gasteiger partial charge in [0.1, 0.15) is 6.29 Å². The summed E-state index contributed by atoms with van der Waals surface area (Å²) < 4.78 is 0. The Morgan fingerprint density at radius 2 is 2.22 bits per heavy atom. The molecule has 0 aliphatic rings. The highest BCUT2D eigenvalue weighted by Crippen LogP contribution is 1.81. The first-order chi connectivity index (χ1) is 4.16. The summed E-state index contributed by atoms with van der Waals surface area (Å²) in [4.78, 5) is 9.89. The molecular formula is C6H12N2O. The Morgan fingerprint density at radius 1 is 1.67 bits per heavy atom. The first kappa shape index (κ1) is 8.14. The molecule has 0 N–H and O–H groups in total. The van der Waals surface area contributed by atoms with Crippen LogP contribution < -0.4 is 0 Å². The fourth-order valence-corrected chi connectivity index (χ4v) is 0.490. The molecule has 0 unspecified atom stereocenters. The fourth-order valence-electron chi connectivity index (χ4n) is 0.490. The van der Waals surface area contributed by atoms with Crippen LogP contribution in [0.25, 0.3) is 0 Å². The summed E-state index contributed by atoms with van der Waals surface area (Å²) >= 11 is 0. The van der Waals surface area contributed by atoms with E-state index in [2.05, 4.69) is 5.10 Å². The molecule has 52 valence electrons. The number of carbonyl (C=O) groups is 1. The van der Waals surface area contributed by atoms with Crippen LogP contribution in [0, 0.1) is 0 Å². The van der Waals surface area contributed by atoms with E-state index in [-0.39, 0.29) is 0 Å². The second kappa shape index (κ2) is 4.06. The van der Waals surface area contributed by atoms with Crippen molar-refractivity contribution in [1.29, 1.82) is 0 Å². The molecule has 0 aliphatic carbocycles. The second-order valence-corrected chi connectivity index (χ2v) is 2.05. The third kappa shape index (κ3) is 5.00. The van der Waals surface area contributed by atoms with Gasteiger partial charge in [0.2, 0.25) is 0 Å². The Bertz CT molecular complexity index is 116. The lowest BCUT2D eigenvalue weighted by Crippen LogP contribution is -2.14. The third-order valence-corrected chi connectivity index (χ3v) is 0.709. The topological polar surface area (TPSA) is 32.7 Å². The minimum atomic E-state index is 0.366. The van der Waals surface area contributed by atoms with Crippen LogP contribution in [-0.2, 0) is 4.79 Å². The molecule has 0 fully saturated rings. The highest BCUT2D eigenvalue weighted by molar-refractivity contribution is 5.78. The Kier molecular flexibility index (Phi) is 3.67. The number of rotatable bonds is 3. The molecular weight excluding hydrogens is 116 g/mol. The van der Waals surface area contributed by atoms with E-state index in [0.717, 1.165) is 12.0 Å². The summed E-state index contributed by atoms with van der Waals surface area (Å²) in [5, 5.41) is 5.59. The van der Waals surface area contributed by atoms with E-state index in [9.17, 15) is 4.79 Å². The summed E-state index contributed by atoms with van der Waals surface area (Å²) in [6.07, 6.45) is 0.826. The fraction of sp³-hybridized carbons (Fsp3) is 0.667. The maximum atomic E-state index is 9.89. The number of hydrazone groups is 1. The number of hydrogen-bond donors (Lipinski definition) is 0. The van der Waals surface area contributed by atoms with Gasteiger partial charge in [-0.25, -0.2) is 0 Å². The summed E-state index contributed by atoms with van der Waals surface area (Å²) in [5.74, 6) is 0. The number of carbonyl (C=O) groups excluding carboxylic acids is 1. The maximum Gasteiger partial charge on any atom is 0.140 e. The van der Waals surface area contributed by atoms with E-state index >= 15 is 0 Å². The zero-order valence-electron chi connectivity index (χ0n) is 6.09. The van der Waals surface area contributed by atoms with Crippen molar-refractivity contribution < 1.29 is 4.79 Å². The summed E-state index contributed by atoms with van der Waals surface area (Å²) in [6.45, 7) is 4.15. The third-order valence-electron chi connectivity index (χ3n) is 0.709. The molecule has 3 heteroatoms. The largest absolute Gasteiger partial charge is 0.301 e. The molecule has 3 nitrogen and oxygen atoms in total. The van der Waals surface area contributed by atoms with Crippen molar-refractivity contribution in [3.8, 4) is 0 Å². The monoisotopic (exact) mass is 128 g/mol. The lowest BCUT2D eigenvalue weighted by atomic mass is 10.5. The quantitative estimate of drug-likeness (QED) is 0.315. The molecule has 0 aromatic carbocycles. The van der Waals surface area contributed by atoms with Crippen molar-refractivity contribution in [3.63, 3.8) is 0 Å². The highest BCUT2D eigenvalue weighted by atomic mass is 16.1. The Balaban J connectivity index is 3.61. The van der Waals surface area contributed by atoms with Crippen LogP contribution in [0.4, 0.5) is 0 Å². The number of nitrogens with zero attached hydrogens (tertiary/aromatic N) is 2. The van der Waals surface area contributed by atoms with Gasteiger partial charge >= 0.3 is 0 Å². The van der Waals surface area contributed by atoms with Crippen LogP contribution in [0.1, 0.15) is 13.8 Å². The minimum Gasteiger partial charge on any atom is -0.301 e. The molecule has 0 saturated heterocycles. The van der Waals surface area contributed by atoms with Gasteiger partial charge in [0.15, 0.2) is 0 Å². The number of aldehydes is 1. The van der Waals surface area contributed by atoms with Gasteiger partial charge < -0.3 is 4.79 Å². The Morgan fingerprint density at radius 3 is 2.56 bits per heavy atom. The van der Waals surface area contributed by atoms with Crippen LogP contribution in [0.3, 0.4) is 0 Å². The van der Waals surface area contributed by atoms with E-state index in [1.165, 1.54) is 0 Å². The van der Waals surface area contributed by atoms with Crippen molar-refractivity contribution in [1.82, 2.24) is 5.01 Å². The SMILES string of the molecule is CC(C)=NN(C)CC=O. The molecule has 0 radical (unpaired) electrons. The van der Waals surface area contributed by atoms with Gasteiger partial charge in [0.25, 0.3) is 0 Å². The molecule has 0 bridgehead atoms. The van der Waals surface area contributed by atoms with Crippen LogP contribution in [0.2, 0.25) is 0 Å². The zero-order valence-corrected chi connectivity index (χ0v) is 6.09. The molecule has 0 heterocycles. The van der Waals surface area contributed by atoms with Crippen molar-refractivity contribution in [2.75, 3.05) is 13.6 Å². The van der Waals surface area contributed by atoms with Crippen LogP contribution in [0.5, 0.6) is 0 Å². The van der Waals surface area contributed by atoms with Crippen molar-refractivity contribution in [3.05, 3.63) is 0 Å². The van der Waals surface area contributed by atoms with E-state index in [1.807, 2.05) is 13.8 Å². The van der Waals surface area contributed by atoms with Crippen molar-refractivity contribution in [2.45, 2.75) is 13.8 Å². The van der Waals surface area contributed by atoms with Gasteiger partial charge in [-0.3, -0.25) is 5.01 Å². The average molecular weight is 128 g/mol. The number of likely N-dealkylation sites (N-methyl/N-ethyl adjacent to an activating group) is 1. The predicted molar refractivity (Wildman–Crippen MR) is 37.5 cm³/mol. The summed E-state index contributed by atoms with van der Waals surface area (Å²) in [5.41, 5.74) is 0.958. The molecule has 0 atom stereocenters. The highest BCUT2D eigenvalue weighted by Gasteiger charge is 1.87. The Labute approximate surface area is 55.4 Å². The van der Waals surface area contributed by atoms with Gasteiger partial charge in [-0.2, -0.15) is 5.10 Å². The van der Waals surface area contributed by atoms with Crippen molar-refractivity contribution >= 4 is 12.0 Å². The van der Waals surface area contributed by atoms with Gasteiger partial charge in [0, 0.05) is 12.8 Å². The molecule has 0 rings (SSSR count). The van der Waals surface area contributed by atoms with E-state index in [0.29, 0.717) is 6.54 Å². The smallest absolute Gasteiger partial charge is 0.140 e. The van der Waals surface area contributed by atoms with Crippen LogP contribution >= 0.6 is 0 Å². The Hall–Kier alpha value is -0.860. The van der Waals surface area contributed by atoms with Crippen LogP contribution in [-0.4, -0.2) is 30.6 Å². The summed E-state index contributed by atoms with van der Waals surface area (Å²) in [7, 11) is 1.77. The first-order valence-electron chi connectivity index (χ1n) is 2.83. The molecule has 0 spiro atoms. The summed E-state index contributed by atoms with van der Waals surface area (Å²) in [6, 6.07) is 0. The molecule has 0 aromatic rings. The maximum absolute atomic E-state index is 9.89. The van der Waals surface area contributed by atoms with E-state index in [1.54, 1.807) is 12.1 Å². The molecule has 9 heavy (non-hydrogen) atoms.